The van der Waals surface area contributed by atoms with Crippen LogP contribution in [0.4, 0.5) is 0 Å². The van der Waals surface area contributed by atoms with Crippen molar-refractivity contribution in [3.8, 4) is 12.3 Å². The van der Waals surface area contributed by atoms with Crippen LogP contribution in [0.5, 0.6) is 0 Å². The standard InChI is InChI=1S/C8H3Cl4NS/c1-2-3-14-6-4(9)7(11)13-8(12)5(6)10/h1H,3H2. The highest BCUT2D eigenvalue weighted by atomic mass is 35.5. The van der Waals surface area contributed by atoms with Gasteiger partial charge in [0.1, 0.15) is 0 Å². The van der Waals surface area contributed by atoms with E-state index in [1.165, 1.54) is 11.8 Å². The lowest BCUT2D eigenvalue weighted by Gasteiger charge is -2.06. The van der Waals surface area contributed by atoms with Gasteiger partial charge in [-0.3, -0.25) is 0 Å². The van der Waals surface area contributed by atoms with Gasteiger partial charge in [-0.15, -0.1) is 18.2 Å². The van der Waals surface area contributed by atoms with E-state index in [1.807, 2.05) is 0 Å². The van der Waals surface area contributed by atoms with Gasteiger partial charge in [0.05, 0.1) is 20.7 Å². The lowest BCUT2D eigenvalue weighted by Crippen LogP contribution is -1.86. The molecule has 1 heterocycles. The maximum atomic E-state index is 5.88. The number of halogens is 4. The van der Waals surface area contributed by atoms with E-state index >= 15 is 0 Å². The zero-order valence-electron chi connectivity index (χ0n) is 6.65. The zero-order valence-corrected chi connectivity index (χ0v) is 10.5. The van der Waals surface area contributed by atoms with Gasteiger partial charge in [0.15, 0.2) is 10.3 Å². The molecule has 0 radical (unpaired) electrons. The minimum atomic E-state index is 0.126. The lowest BCUT2D eigenvalue weighted by molar-refractivity contribution is 1.26. The molecule has 1 aromatic heterocycles. The normalized spacial score (nSPS) is 9.93. The summed E-state index contributed by atoms with van der Waals surface area (Å²) in [5.41, 5.74) is 0. The van der Waals surface area contributed by atoms with Gasteiger partial charge in [0.2, 0.25) is 0 Å². The van der Waals surface area contributed by atoms with E-state index in [0.29, 0.717) is 10.6 Å². The van der Waals surface area contributed by atoms with Gasteiger partial charge < -0.3 is 0 Å². The molecule has 0 aromatic carbocycles. The highest BCUT2D eigenvalue weighted by Gasteiger charge is 2.15. The van der Waals surface area contributed by atoms with Crippen molar-refractivity contribution in [2.24, 2.45) is 0 Å². The third-order valence-corrected chi connectivity index (χ3v) is 3.97. The summed E-state index contributed by atoms with van der Waals surface area (Å²) < 4.78 is 0. The first-order valence-corrected chi connectivity index (χ1v) is 5.84. The van der Waals surface area contributed by atoms with Crippen molar-refractivity contribution in [2.75, 3.05) is 5.75 Å². The summed E-state index contributed by atoms with van der Waals surface area (Å²) >= 11 is 24.5. The van der Waals surface area contributed by atoms with Crippen molar-refractivity contribution in [1.29, 1.82) is 0 Å². The van der Waals surface area contributed by atoms with Crippen LogP contribution in [0.25, 0.3) is 0 Å². The third kappa shape index (κ3) is 2.62. The van der Waals surface area contributed by atoms with E-state index in [9.17, 15) is 0 Å². The first-order valence-electron chi connectivity index (χ1n) is 3.34. The second-order valence-corrected chi connectivity index (χ2v) is 4.60. The first-order chi connectivity index (χ1) is 6.57. The molecule has 0 aliphatic rings. The summed E-state index contributed by atoms with van der Waals surface area (Å²) in [6.07, 6.45) is 5.11. The molecule has 1 aromatic rings. The Hall–Kier alpha value is 0.220. The smallest absolute Gasteiger partial charge is 0.150 e. The van der Waals surface area contributed by atoms with Crippen LogP contribution in [0.15, 0.2) is 4.90 Å². The number of terminal acetylenes is 1. The van der Waals surface area contributed by atoms with Crippen molar-refractivity contribution >= 4 is 58.2 Å². The Labute approximate surface area is 106 Å². The molecule has 0 atom stereocenters. The van der Waals surface area contributed by atoms with E-state index in [2.05, 4.69) is 10.9 Å². The fourth-order valence-electron chi connectivity index (χ4n) is 0.709. The fraction of sp³-hybridized carbons (Fsp3) is 0.125. The number of hydrogen-bond acceptors (Lipinski definition) is 2. The van der Waals surface area contributed by atoms with E-state index < -0.39 is 0 Å². The molecule has 0 aliphatic heterocycles. The van der Waals surface area contributed by atoms with Crippen LogP contribution in [-0.4, -0.2) is 10.7 Å². The molecule has 14 heavy (non-hydrogen) atoms. The van der Waals surface area contributed by atoms with Crippen molar-refractivity contribution < 1.29 is 0 Å². The zero-order chi connectivity index (χ0) is 10.7. The highest BCUT2D eigenvalue weighted by Crippen LogP contribution is 2.40. The van der Waals surface area contributed by atoms with Gasteiger partial charge in [0, 0.05) is 0 Å². The van der Waals surface area contributed by atoms with Crippen LogP contribution >= 0.6 is 58.2 Å². The predicted molar refractivity (Wildman–Crippen MR) is 63.8 cm³/mol. The molecule has 1 nitrogen and oxygen atoms in total. The average Bonchev–Trinajstić information content (AvgIpc) is 2.15. The van der Waals surface area contributed by atoms with Gasteiger partial charge in [-0.05, 0) is 0 Å². The van der Waals surface area contributed by atoms with Crippen LogP contribution in [0.1, 0.15) is 0 Å². The van der Waals surface area contributed by atoms with Gasteiger partial charge >= 0.3 is 0 Å². The highest BCUT2D eigenvalue weighted by molar-refractivity contribution is 7.99. The SMILES string of the molecule is C#CCSc1c(Cl)c(Cl)nc(Cl)c1Cl. The first kappa shape index (κ1) is 12.3. The fourth-order valence-corrected chi connectivity index (χ4v) is 2.55. The summed E-state index contributed by atoms with van der Waals surface area (Å²) in [5, 5.41) is 0.809. The Kier molecular flexibility index (Phi) is 4.69. The Bertz CT molecular complexity index is 373. The van der Waals surface area contributed by atoms with E-state index in [1.54, 1.807) is 0 Å². The quantitative estimate of drug-likeness (QED) is 0.453. The van der Waals surface area contributed by atoms with Crippen LogP contribution < -0.4 is 0 Å². The molecule has 0 bridgehead atoms. The molecule has 0 saturated heterocycles. The minimum Gasteiger partial charge on any atom is -0.221 e. The van der Waals surface area contributed by atoms with Crippen LogP contribution in [0, 0.1) is 12.3 Å². The number of thioether (sulfide) groups is 1. The average molecular weight is 287 g/mol. The maximum Gasteiger partial charge on any atom is 0.150 e. The Morgan fingerprint density at radius 1 is 1.14 bits per heavy atom. The van der Waals surface area contributed by atoms with Crippen molar-refractivity contribution in [1.82, 2.24) is 4.98 Å². The molecule has 0 unspecified atom stereocenters. The molecule has 0 saturated carbocycles. The van der Waals surface area contributed by atoms with Crippen molar-refractivity contribution in [2.45, 2.75) is 4.90 Å². The summed E-state index contributed by atoms with van der Waals surface area (Å²) in [4.78, 5) is 4.31. The summed E-state index contributed by atoms with van der Waals surface area (Å²) in [6, 6.07) is 0. The lowest BCUT2D eigenvalue weighted by atomic mass is 10.5. The molecular weight excluding hydrogens is 284 g/mol. The molecule has 0 N–H and O–H groups in total. The summed E-state index contributed by atoms with van der Waals surface area (Å²) in [6.45, 7) is 0. The largest absolute Gasteiger partial charge is 0.221 e. The second kappa shape index (κ2) is 5.34. The predicted octanol–water partition coefficient (Wildman–Crippen LogP) is 4.42. The maximum absolute atomic E-state index is 5.88. The van der Waals surface area contributed by atoms with E-state index in [-0.39, 0.29) is 20.4 Å². The number of rotatable bonds is 2. The monoisotopic (exact) mass is 285 g/mol. The molecule has 6 heteroatoms. The molecule has 1 rings (SSSR count). The van der Waals surface area contributed by atoms with E-state index in [0.717, 1.165) is 0 Å². The summed E-state index contributed by atoms with van der Waals surface area (Å²) in [5.74, 6) is 2.89. The number of hydrogen-bond donors (Lipinski definition) is 0. The van der Waals surface area contributed by atoms with Gasteiger partial charge in [-0.25, -0.2) is 4.98 Å². The van der Waals surface area contributed by atoms with Crippen LogP contribution in [0.3, 0.4) is 0 Å². The van der Waals surface area contributed by atoms with Crippen molar-refractivity contribution in [3.05, 3.63) is 20.4 Å². The van der Waals surface area contributed by atoms with E-state index in [4.69, 9.17) is 52.8 Å². The summed E-state index contributed by atoms with van der Waals surface area (Å²) in [7, 11) is 0. The third-order valence-electron chi connectivity index (χ3n) is 1.26. The van der Waals surface area contributed by atoms with Gasteiger partial charge in [-0.2, -0.15) is 0 Å². The van der Waals surface area contributed by atoms with Gasteiger partial charge in [-0.1, -0.05) is 52.3 Å². The minimum absolute atomic E-state index is 0.126. The van der Waals surface area contributed by atoms with Crippen LogP contribution in [0.2, 0.25) is 20.4 Å². The second-order valence-electron chi connectivity index (χ2n) is 2.14. The Morgan fingerprint density at radius 3 is 2.07 bits per heavy atom. The Balaban J connectivity index is 3.19. The number of aromatic nitrogens is 1. The van der Waals surface area contributed by atoms with Gasteiger partial charge in [0.25, 0.3) is 0 Å². The topological polar surface area (TPSA) is 12.9 Å². The Morgan fingerprint density at radius 2 is 1.64 bits per heavy atom. The molecular formula is C8H3Cl4NS. The van der Waals surface area contributed by atoms with Crippen LogP contribution in [-0.2, 0) is 0 Å². The molecule has 0 amide bonds. The molecule has 0 fully saturated rings. The number of pyridine rings is 1. The number of nitrogens with zero attached hydrogens (tertiary/aromatic N) is 1. The van der Waals surface area contributed by atoms with Crippen molar-refractivity contribution in [3.63, 3.8) is 0 Å². The molecule has 0 aliphatic carbocycles. The molecule has 74 valence electrons. The molecule has 0 spiro atoms.